The maximum Gasteiger partial charge on any atom is 0.176 e. The molecule has 0 aliphatic carbocycles. The molecule has 20 heavy (non-hydrogen) atoms. The first-order valence-corrected chi connectivity index (χ1v) is 7.49. The van der Waals surface area contributed by atoms with Gasteiger partial charge in [0.05, 0.1) is 23.5 Å². The molecule has 0 atom stereocenters. The Bertz CT molecular complexity index is 619. The molecule has 3 nitrogen and oxygen atoms in total. The third kappa shape index (κ3) is 3.80. The summed E-state index contributed by atoms with van der Waals surface area (Å²) in [7, 11) is 1.45. The second-order valence-corrected chi connectivity index (χ2v) is 5.78. The highest BCUT2D eigenvalue weighted by molar-refractivity contribution is 9.10. The SMILES string of the molecule is COc1ccc(F)cc1C(=O)CSc1ccc(Br)cn1. The molecule has 0 bridgehead atoms. The summed E-state index contributed by atoms with van der Waals surface area (Å²) in [5.74, 6) is -0.105. The van der Waals surface area contributed by atoms with E-state index in [9.17, 15) is 9.18 Å². The number of halogens is 2. The number of ether oxygens (including phenoxy) is 1. The number of thioether (sulfide) groups is 1. The van der Waals surface area contributed by atoms with Crippen LogP contribution in [0.4, 0.5) is 4.39 Å². The lowest BCUT2D eigenvalue weighted by molar-refractivity contribution is 0.101. The summed E-state index contributed by atoms with van der Waals surface area (Å²) in [6, 6.07) is 7.56. The van der Waals surface area contributed by atoms with Crippen molar-refractivity contribution in [1.29, 1.82) is 0 Å². The quantitative estimate of drug-likeness (QED) is 0.600. The Balaban J connectivity index is 2.08. The maximum absolute atomic E-state index is 13.2. The number of nitrogens with zero attached hydrogens (tertiary/aromatic N) is 1. The minimum Gasteiger partial charge on any atom is -0.496 e. The normalized spacial score (nSPS) is 10.3. The third-order valence-electron chi connectivity index (χ3n) is 2.51. The number of ketones is 1. The Morgan fingerprint density at radius 2 is 2.20 bits per heavy atom. The molecule has 1 aromatic heterocycles. The Hall–Kier alpha value is -1.40. The van der Waals surface area contributed by atoms with Crippen LogP contribution >= 0.6 is 27.7 Å². The molecular weight excluding hydrogens is 345 g/mol. The zero-order valence-electron chi connectivity index (χ0n) is 10.6. The van der Waals surface area contributed by atoms with Crippen molar-refractivity contribution in [1.82, 2.24) is 4.98 Å². The highest BCUT2D eigenvalue weighted by atomic mass is 79.9. The largest absolute Gasteiger partial charge is 0.496 e. The van der Waals surface area contributed by atoms with Gasteiger partial charge in [-0.05, 0) is 46.3 Å². The summed E-state index contributed by atoms with van der Waals surface area (Å²) >= 11 is 4.59. The van der Waals surface area contributed by atoms with Crippen LogP contribution in [0.25, 0.3) is 0 Å². The van der Waals surface area contributed by atoms with E-state index < -0.39 is 5.82 Å². The number of carbonyl (C=O) groups is 1. The molecule has 0 amide bonds. The van der Waals surface area contributed by atoms with Gasteiger partial charge in [-0.3, -0.25) is 4.79 Å². The molecule has 6 heteroatoms. The molecule has 0 unspecified atom stereocenters. The highest BCUT2D eigenvalue weighted by Gasteiger charge is 2.14. The van der Waals surface area contributed by atoms with Crippen molar-refractivity contribution < 1.29 is 13.9 Å². The minimum atomic E-state index is -0.457. The molecule has 0 aliphatic rings. The van der Waals surface area contributed by atoms with Gasteiger partial charge in [-0.15, -0.1) is 0 Å². The molecule has 2 rings (SSSR count). The summed E-state index contributed by atoms with van der Waals surface area (Å²) in [4.78, 5) is 16.3. The van der Waals surface area contributed by atoms with Crippen LogP contribution in [-0.4, -0.2) is 23.6 Å². The molecule has 0 radical (unpaired) electrons. The molecule has 2 aromatic rings. The van der Waals surface area contributed by atoms with Gasteiger partial charge in [-0.2, -0.15) is 0 Å². The first-order valence-electron chi connectivity index (χ1n) is 5.71. The van der Waals surface area contributed by atoms with Crippen molar-refractivity contribution in [3.05, 3.63) is 52.4 Å². The monoisotopic (exact) mass is 355 g/mol. The number of rotatable bonds is 5. The standard InChI is InChI=1S/C14H11BrFNO2S/c1-19-13-4-3-10(16)6-11(13)12(18)8-20-14-5-2-9(15)7-17-14/h2-7H,8H2,1H3. The number of pyridine rings is 1. The minimum absolute atomic E-state index is 0.175. The van der Waals surface area contributed by atoms with Gasteiger partial charge in [0.2, 0.25) is 0 Å². The van der Waals surface area contributed by atoms with Crippen LogP contribution in [0.1, 0.15) is 10.4 Å². The number of methoxy groups -OCH3 is 1. The summed E-state index contributed by atoms with van der Waals surface area (Å²) in [6.07, 6.45) is 1.66. The fraction of sp³-hybridized carbons (Fsp3) is 0.143. The highest BCUT2D eigenvalue weighted by Crippen LogP contribution is 2.24. The van der Waals surface area contributed by atoms with Gasteiger partial charge >= 0.3 is 0 Å². The van der Waals surface area contributed by atoms with E-state index in [1.807, 2.05) is 12.1 Å². The second-order valence-electron chi connectivity index (χ2n) is 3.87. The lowest BCUT2D eigenvalue weighted by Crippen LogP contribution is -2.05. The predicted molar refractivity (Wildman–Crippen MR) is 79.9 cm³/mol. The molecule has 104 valence electrons. The van der Waals surface area contributed by atoms with E-state index in [1.54, 1.807) is 6.20 Å². The number of hydrogen-bond donors (Lipinski definition) is 0. The van der Waals surface area contributed by atoms with Crippen molar-refractivity contribution in [2.75, 3.05) is 12.9 Å². The maximum atomic E-state index is 13.2. The molecule has 1 aromatic carbocycles. The molecule has 0 fully saturated rings. The smallest absolute Gasteiger partial charge is 0.176 e. The Morgan fingerprint density at radius 1 is 1.40 bits per heavy atom. The van der Waals surface area contributed by atoms with Gasteiger partial charge in [-0.1, -0.05) is 11.8 Å². The van der Waals surface area contributed by atoms with Crippen molar-refractivity contribution in [3.8, 4) is 5.75 Å². The van der Waals surface area contributed by atoms with Crippen LogP contribution in [0.5, 0.6) is 5.75 Å². The number of carbonyl (C=O) groups excluding carboxylic acids is 1. The van der Waals surface area contributed by atoms with E-state index in [1.165, 1.54) is 37.1 Å². The Labute approximate surface area is 128 Å². The van der Waals surface area contributed by atoms with E-state index in [2.05, 4.69) is 20.9 Å². The lowest BCUT2D eigenvalue weighted by atomic mass is 10.1. The molecule has 0 saturated heterocycles. The number of benzene rings is 1. The van der Waals surface area contributed by atoms with Crippen LogP contribution in [0.15, 0.2) is 46.0 Å². The van der Waals surface area contributed by atoms with E-state index in [4.69, 9.17) is 4.74 Å². The zero-order valence-corrected chi connectivity index (χ0v) is 13.0. The average molecular weight is 356 g/mol. The summed E-state index contributed by atoms with van der Waals surface area (Å²) in [6.45, 7) is 0. The van der Waals surface area contributed by atoms with Crippen LogP contribution in [0.3, 0.4) is 0 Å². The number of Topliss-reactive ketones (excluding diaryl/α,β-unsaturated/α-hetero) is 1. The zero-order chi connectivity index (χ0) is 14.5. The molecule has 0 aliphatic heterocycles. The summed E-state index contributed by atoms with van der Waals surface area (Å²) in [5.41, 5.74) is 0.247. The Morgan fingerprint density at radius 3 is 2.85 bits per heavy atom. The number of aromatic nitrogens is 1. The van der Waals surface area contributed by atoms with Crippen LogP contribution < -0.4 is 4.74 Å². The van der Waals surface area contributed by atoms with Gasteiger partial charge in [0.1, 0.15) is 11.6 Å². The Kier molecular flexibility index (Phi) is 5.14. The van der Waals surface area contributed by atoms with Crippen LogP contribution in [-0.2, 0) is 0 Å². The first-order chi connectivity index (χ1) is 9.60. The molecule has 0 saturated carbocycles. The van der Waals surface area contributed by atoms with Crippen molar-refractivity contribution in [2.24, 2.45) is 0 Å². The number of hydrogen-bond acceptors (Lipinski definition) is 4. The van der Waals surface area contributed by atoms with Gasteiger partial charge < -0.3 is 4.74 Å². The molecular formula is C14H11BrFNO2S. The fourth-order valence-corrected chi connectivity index (χ4v) is 2.52. The van der Waals surface area contributed by atoms with Crippen molar-refractivity contribution in [3.63, 3.8) is 0 Å². The van der Waals surface area contributed by atoms with E-state index in [0.29, 0.717) is 5.75 Å². The first kappa shape index (κ1) is 15.0. The lowest BCUT2D eigenvalue weighted by Gasteiger charge is -2.07. The van der Waals surface area contributed by atoms with E-state index in [0.717, 1.165) is 9.50 Å². The van der Waals surface area contributed by atoms with Crippen molar-refractivity contribution in [2.45, 2.75) is 5.03 Å². The predicted octanol–water partition coefficient (Wildman–Crippen LogP) is 3.97. The third-order valence-corrected chi connectivity index (χ3v) is 3.93. The van der Waals surface area contributed by atoms with Crippen LogP contribution in [0, 0.1) is 5.82 Å². The van der Waals surface area contributed by atoms with Crippen molar-refractivity contribution >= 4 is 33.5 Å². The fourth-order valence-electron chi connectivity index (χ4n) is 1.56. The van der Waals surface area contributed by atoms with E-state index >= 15 is 0 Å². The van der Waals surface area contributed by atoms with Gasteiger partial charge in [0, 0.05) is 10.7 Å². The van der Waals surface area contributed by atoms with Gasteiger partial charge in [-0.25, -0.2) is 9.37 Å². The second kappa shape index (κ2) is 6.85. The molecule has 1 heterocycles. The average Bonchev–Trinajstić information content (AvgIpc) is 2.46. The molecule has 0 spiro atoms. The summed E-state index contributed by atoms with van der Waals surface area (Å²) in [5, 5.41) is 0.733. The summed E-state index contributed by atoms with van der Waals surface area (Å²) < 4.78 is 19.2. The van der Waals surface area contributed by atoms with E-state index in [-0.39, 0.29) is 17.1 Å². The molecule has 0 N–H and O–H groups in total. The van der Waals surface area contributed by atoms with Crippen LogP contribution in [0.2, 0.25) is 0 Å². The van der Waals surface area contributed by atoms with Gasteiger partial charge in [0.15, 0.2) is 5.78 Å². The topological polar surface area (TPSA) is 39.2 Å². The van der Waals surface area contributed by atoms with Gasteiger partial charge in [0.25, 0.3) is 0 Å².